The Morgan fingerprint density at radius 1 is 1.40 bits per heavy atom. The molecule has 0 aliphatic rings. The summed E-state index contributed by atoms with van der Waals surface area (Å²) >= 11 is 0. The second-order valence-electron chi connectivity index (χ2n) is 4.70. The molecule has 20 heavy (non-hydrogen) atoms. The van der Waals surface area contributed by atoms with Crippen LogP contribution in [0.3, 0.4) is 0 Å². The molecule has 2 atom stereocenters. The van der Waals surface area contributed by atoms with E-state index in [9.17, 15) is 4.79 Å². The van der Waals surface area contributed by atoms with Gasteiger partial charge in [0.2, 0.25) is 0 Å². The van der Waals surface area contributed by atoms with Crippen molar-refractivity contribution in [1.29, 1.82) is 0 Å². The van der Waals surface area contributed by atoms with Crippen LogP contribution in [0.1, 0.15) is 34.7 Å². The van der Waals surface area contributed by atoms with Crippen molar-refractivity contribution in [3.8, 4) is 0 Å². The average Bonchev–Trinajstić information content (AvgIpc) is 2.89. The van der Waals surface area contributed by atoms with E-state index >= 15 is 0 Å². The Morgan fingerprint density at radius 2 is 2.10 bits per heavy atom. The number of ether oxygens (including phenoxy) is 1. The molecule has 2 aromatic rings. The first-order valence-electron chi connectivity index (χ1n) is 6.35. The Kier molecular flexibility index (Phi) is 4.14. The molecule has 0 spiro atoms. The van der Waals surface area contributed by atoms with Crippen LogP contribution in [0.25, 0.3) is 0 Å². The number of carbonyl (C=O) groups is 1. The molecule has 0 saturated carbocycles. The summed E-state index contributed by atoms with van der Waals surface area (Å²) in [5.74, 6) is -0.524. The van der Waals surface area contributed by atoms with Gasteiger partial charge in [0.1, 0.15) is 6.33 Å². The second-order valence-corrected chi connectivity index (χ2v) is 4.70. The van der Waals surface area contributed by atoms with Gasteiger partial charge in [-0.25, -0.2) is 14.5 Å². The number of rotatable bonds is 4. The summed E-state index contributed by atoms with van der Waals surface area (Å²) in [5.41, 5.74) is 8.26. The molecule has 0 fully saturated rings. The molecule has 2 N–H and O–H groups in total. The maximum absolute atomic E-state index is 11.4. The SMILES string of the molecule is COC(=O)c1ncn(C(c2ccccc2C)C(C)N)n1. The molecule has 0 saturated heterocycles. The summed E-state index contributed by atoms with van der Waals surface area (Å²) in [7, 11) is 1.30. The molecular weight excluding hydrogens is 256 g/mol. The van der Waals surface area contributed by atoms with Gasteiger partial charge < -0.3 is 10.5 Å². The van der Waals surface area contributed by atoms with Crippen molar-refractivity contribution in [2.45, 2.75) is 25.9 Å². The van der Waals surface area contributed by atoms with Gasteiger partial charge in [-0.1, -0.05) is 24.3 Å². The Balaban J connectivity index is 2.42. The summed E-state index contributed by atoms with van der Waals surface area (Å²) in [6, 6.07) is 7.59. The van der Waals surface area contributed by atoms with Crippen LogP contribution < -0.4 is 5.73 Å². The van der Waals surface area contributed by atoms with Gasteiger partial charge in [0.25, 0.3) is 5.82 Å². The third kappa shape index (κ3) is 2.70. The molecule has 1 aromatic heterocycles. The zero-order chi connectivity index (χ0) is 14.7. The predicted molar refractivity (Wildman–Crippen MR) is 74.3 cm³/mol. The van der Waals surface area contributed by atoms with Crippen molar-refractivity contribution in [3.63, 3.8) is 0 Å². The van der Waals surface area contributed by atoms with Crippen LogP contribution in [0.5, 0.6) is 0 Å². The van der Waals surface area contributed by atoms with Crippen molar-refractivity contribution < 1.29 is 9.53 Å². The first-order chi connectivity index (χ1) is 9.54. The molecule has 0 aliphatic carbocycles. The number of aromatic nitrogens is 3. The van der Waals surface area contributed by atoms with E-state index < -0.39 is 5.97 Å². The van der Waals surface area contributed by atoms with Gasteiger partial charge in [0, 0.05) is 6.04 Å². The van der Waals surface area contributed by atoms with Gasteiger partial charge >= 0.3 is 5.97 Å². The number of hydrogen-bond donors (Lipinski definition) is 1. The number of nitrogens with zero attached hydrogens (tertiary/aromatic N) is 3. The summed E-state index contributed by atoms with van der Waals surface area (Å²) in [6.45, 7) is 3.92. The molecule has 6 nitrogen and oxygen atoms in total. The predicted octanol–water partition coefficient (Wildman–Crippen LogP) is 1.31. The fourth-order valence-corrected chi connectivity index (χ4v) is 2.18. The molecular formula is C14H18N4O2. The molecule has 6 heteroatoms. The van der Waals surface area contributed by atoms with E-state index in [0.29, 0.717) is 0 Å². The number of hydrogen-bond acceptors (Lipinski definition) is 5. The maximum atomic E-state index is 11.4. The van der Waals surface area contributed by atoms with Crippen molar-refractivity contribution in [1.82, 2.24) is 14.8 Å². The van der Waals surface area contributed by atoms with Crippen LogP contribution in [-0.4, -0.2) is 33.9 Å². The minimum atomic E-state index is -0.558. The number of nitrogens with two attached hydrogens (primary N) is 1. The van der Waals surface area contributed by atoms with E-state index in [2.05, 4.69) is 14.8 Å². The van der Waals surface area contributed by atoms with E-state index in [1.54, 1.807) is 4.68 Å². The summed E-state index contributed by atoms with van der Waals surface area (Å²) in [4.78, 5) is 15.4. The van der Waals surface area contributed by atoms with Crippen LogP contribution in [0, 0.1) is 6.92 Å². The van der Waals surface area contributed by atoms with E-state index in [4.69, 9.17) is 5.73 Å². The average molecular weight is 274 g/mol. The first kappa shape index (κ1) is 14.2. The summed E-state index contributed by atoms with van der Waals surface area (Å²) in [5, 5.41) is 4.17. The van der Waals surface area contributed by atoms with Gasteiger partial charge in [-0.3, -0.25) is 0 Å². The minimum Gasteiger partial charge on any atom is -0.463 e. The molecule has 1 aromatic carbocycles. The first-order valence-corrected chi connectivity index (χ1v) is 6.35. The molecule has 2 unspecified atom stereocenters. The van der Waals surface area contributed by atoms with Crippen molar-refractivity contribution >= 4 is 5.97 Å². The Bertz CT molecular complexity index is 607. The summed E-state index contributed by atoms with van der Waals surface area (Å²) in [6.07, 6.45) is 1.51. The monoisotopic (exact) mass is 274 g/mol. The Labute approximate surface area is 117 Å². The molecule has 0 bridgehead atoms. The van der Waals surface area contributed by atoms with Crippen molar-refractivity contribution in [2.24, 2.45) is 5.73 Å². The second kappa shape index (κ2) is 5.83. The van der Waals surface area contributed by atoms with E-state index in [0.717, 1.165) is 11.1 Å². The lowest BCUT2D eigenvalue weighted by molar-refractivity contribution is 0.0586. The van der Waals surface area contributed by atoms with Gasteiger partial charge in [-0.2, -0.15) is 0 Å². The summed E-state index contributed by atoms with van der Waals surface area (Å²) < 4.78 is 6.22. The van der Waals surface area contributed by atoms with E-state index in [1.807, 2.05) is 38.1 Å². The standard InChI is InChI=1S/C14H18N4O2/c1-9-6-4-5-7-11(9)12(10(2)15)18-8-16-13(17-18)14(19)20-3/h4-8,10,12H,15H2,1-3H3. The zero-order valence-electron chi connectivity index (χ0n) is 11.8. The number of benzene rings is 1. The minimum absolute atomic E-state index is 0.0340. The number of carbonyl (C=O) groups excluding carboxylic acids is 1. The fraction of sp³-hybridized carbons (Fsp3) is 0.357. The highest BCUT2D eigenvalue weighted by atomic mass is 16.5. The zero-order valence-corrected chi connectivity index (χ0v) is 11.8. The molecule has 2 rings (SSSR count). The van der Waals surface area contributed by atoms with Gasteiger partial charge in [0.05, 0.1) is 13.2 Å². The van der Waals surface area contributed by atoms with Crippen molar-refractivity contribution in [2.75, 3.05) is 7.11 Å². The number of esters is 1. The topological polar surface area (TPSA) is 83.0 Å². The molecule has 1 heterocycles. The lowest BCUT2D eigenvalue weighted by atomic mass is 9.97. The van der Waals surface area contributed by atoms with Gasteiger partial charge in [-0.15, -0.1) is 5.10 Å². The Morgan fingerprint density at radius 3 is 2.70 bits per heavy atom. The quantitative estimate of drug-likeness (QED) is 0.850. The molecule has 106 valence electrons. The lowest BCUT2D eigenvalue weighted by Gasteiger charge is -2.22. The normalized spacial score (nSPS) is 13.8. The highest BCUT2D eigenvalue weighted by Gasteiger charge is 2.23. The van der Waals surface area contributed by atoms with Crippen LogP contribution >= 0.6 is 0 Å². The van der Waals surface area contributed by atoms with E-state index in [1.165, 1.54) is 13.4 Å². The van der Waals surface area contributed by atoms with Crippen LogP contribution in [-0.2, 0) is 4.74 Å². The maximum Gasteiger partial charge on any atom is 0.377 e. The number of methoxy groups -OCH3 is 1. The highest BCUT2D eigenvalue weighted by Crippen LogP contribution is 2.23. The Hall–Kier alpha value is -2.21. The molecule has 0 aliphatic heterocycles. The van der Waals surface area contributed by atoms with Crippen LogP contribution in [0.4, 0.5) is 0 Å². The lowest BCUT2D eigenvalue weighted by Crippen LogP contribution is -2.31. The highest BCUT2D eigenvalue weighted by molar-refractivity contribution is 5.84. The molecule has 0 radical (unpaired) electrons. The third-order valence-corrected chi connectivity index (χ3v) is 3.17. The van der Waals surface area contributed by atoms with Gasteiger partial charge in [-0.05, 0) is 25.0 Å². The number of aryl methyl sites for hydroxylation is 1. The van der Waals surface area contributed by atoms with Crippen LogP contribution in [0.15, 0.2) is 30.6 Å². The third-order valence-electron chi connectivity index (χ3n) is 3.17. The van der Waals surface area contributed by atoms with E-state index in [-0.39, 0.29) is 17.9 Å². The van der Waals surface area contributed by atoms with Crippen LogP contribution in [0.2, 0.25) is 0 Å². The fourth-order valence-electron chi connectivity index (χ4n) is 2.18. The van der Waals surface area contributed by atoms with Crippen molar-refractivity contribution in [3.05, 3.63) is 47.5 Å². The van der Waals surface area contributed by atoms with Gasteiger partial charge in [0.15, 0.2) is 0 Å². The largest absolute Gasteiger partial charge is 0.463 e. The molecule has 0 amide bonds. The smallest absolute Gasteiger partial charge is 0.377 e.